The second-order valence-corrected chi connectivity index (χ2v) is 6.66. The number of aromatic nitrogens is 2. The molecule has 0 N–H and O–H groups in total. The Kier molecular flexibility index (Phi) is 3.82. The van der Waals surface area contributed by atoms with Gasteiger partial charge in [0.2, 0.25) is 0 Å². The van der Waals surface area contributed by atoms with Gasteiger partial charge in [-0.1, -0.05) is 0 Å². The minimum absolute atomic E-state index is 0.938. The van der Waals surface area contributed by atoms with Crippen molar-refractivity contribution in [3.05, 3.63) is 32.3 Å². The van der Waals surface area contributed by atoms with Gasteiger partial charge in [0, 0.05) is 21.7 Å². The topological polar surface area (TPSA) is 25.8 Å². The van der Waals surface area contributed by atoms with E-state index in [0.717, 1.165) is 24.0 Å². The van der Waals surface area contributed by atoms with Crippen LogP contribution < -0.4 is 0 Å². The number of hydrogen-bond donors (Lipinski definition) is 0. The molecule has 0 saturated heterocycles. The van der Waals surface area contributed by atoms with Crippen LogP contribution in [-0.2, 0) is 0 Å². The first-order valence-electron chi connectivity index (χ1n) is 4.06. The minimum atomic E-state index is 0.938. The highest BCUT2D eigenvalue weighted by Gasteiger charge is 2.07. The summed E-state index contributed by atoms with van der Waals surface area (Å²) in [5, 5.41) is 2.97. The van der Waals surface area contributed by atoms with Crippen LogP contribution in [0.4, 0.5) is 0 Å². The lowest BCUT2D eigenvalue weighted by Crippen LogP contribution is -1.81. The normalized spacial score (nSPS) is 10.6. The minimum Gasteiger partial charge on any atom is -0.247 e. The summed E-state index contributed by atoms with van der Waals surface area (Å²) in [4.78, 5) is 8.70. The van der Waals surface area contributed by atoms with Crippen molar-refractivity contribution in [3.8, 4) is 0 Å². The fourth-order valence-electron chi connectivity index (χ4n) is 0.939. The third kappa shape index (κ3) is 3.03. The second-order valence-electron chi connectivity index (χ2n) is 2.80. The number of hydrogen-bond acceptors (Lipinski definition) is 4. The molecular formula is C9H6Br2N2S2. The van der Waals surface area contributed by atoms with Crippen LogP contribution in [0.3, 0.4) is 0 Å². The molecule has 0 fully saturated rings. The summed E-state index contributed by atoms with van der Waals surface area (Å²) >= 11 is 10.1. The number of rotatable bonds is 2. The van der Waals surface area contributed by atoms with Crippen molar-refractivity contribution < 1.29 is 0 Å². The van der Waals surface area contributed by atoms with Crippen LogP contribution in [0.15, 0.2) is 36.0 Å². The van der Waals surface area contributed by atoms with E-state index in [0.29, 0.717) is 0 Å². The van der Waals surface area contributed by atoms with Crippen molar-refractivity contribution in [2.24, 2.45) is 0 Å². The lowest BCUT2D eigenvalue weighted by atomic mass is 10.5. The summed E-state index contributed by atoms with van der Waals surface area (Å²) < 4.78 is 2.96. The van der Waals surface area contributed by atoms with Crippen molar-refractivity contribution >= 4 is 55.0 Å². The Balaban J connectivity index is 2.24. The molecule has 0 aliphatic carbocycles. The molecule has 0 aromatic carbocycles. The predicted octanol–water partition coefficient (Wildman–Crippen LogP) is 4.52. The molecule has 0 atom stereocenters. The lowest BCUT2D eigenvalue weighted by molar-refractivity contribution is 1.09. The van der Waals surface area contributed by atoms with Gasteiger partial charge >= 0.3 is 0 Å². The molecule has 0 aliphatic rings. The van der Waals surface area contributed by atoms with Gasteiger partial charge in [0.05, 0.1) is 4.47 Å². The highest BCUT2D eigenvalue weighted by Crippen LogP contribution is 2.34. The van der Waals surface area contributed by atoms with Gasteiger partial charge in [0.25, 0.3) is 0 Å². The maximum absolute atomic E-state index is 4.38. The summed E-state index contributed by atoms with van der Waals surface area (Å²) in [7, 11) is 0. The number of nitrogens with zero attached hydrogens (tertiary/aromatic N) is 2. The molecule has 2 aromatic rings. The van der Waals surface area contributed by atoms with Gasteiger partial charge in [-0.15, -0.1) is 11.3 Å². The molecule has 0 saturated carbocycles. The average Bonchev–Trinajstić information content (AvgIpc) is 2.56. The summed E-state index contributed by atoms with van der Waals surface area (Å²) in [6.45, 7) is 1.99. The summed E-state index contributed by atoms with van der Waals surface area (Å²) in [5.41, 5.74) is 1.05. The van der Waals surface area contributed by atoms with E-state index in [1.54, 1.807) is 29.3 Å². The van der Waals surface area contributed by atoms with Gasteiger partial charge < -0.3 is 0 Å². The monoisotopic (exact) mass is 364 g/mol. The fourth-order valence-corrected chi connectivity index (χ4v) is 3.88. The van der Waals surface area contributed by atoms with Crippen molar-refractivity contribution in [1.82, 2.24) is 9.97 Å². The zero-order valence-corrected chi connectivity index (χ0v) is 12.5. The van der Waals surface area contributed by atoms with Crippen molar-refractivity contribution in [1.29, 1.82) is 0 Å². The molecule has 0 amide bonds. The molecule has 15 heavy (non-hydrogen) atoms. The number of thiazole rings is 1. The molecule has 2 nitrogen and oxygen atoms in total. The highest BCUT2D eigenvalue weighted by molar-refractivity contribution is 9.11. The Morgan fingerprint density at radius 2 is 2.20 bits per heavy atom. The SMILES string of the molecule is Cc1csc(Sc2ncc(Br)cc2Br)n1. The van der Waals surface area contributed by atoms with E-state index in [4.69, 9.17) is 0 Å². The Bertz CT molecular complexity index is 485. The molecule has 2 rings (SSSR count). The van der Waals surface area contributed by atoms with E-state index in [-0.39, 0.29) is 0 Å². The third-order valence-corrected chi connectivity index (χ3v) is 4.93. The first kappa shape index (κ1) is 11.6. The van der Waals surface area contributed by atoms with Crippen LogP contribution in [0.1, 0.15) is 5.69 Å². The average molecular weight is 366 g/mol. The zero-order valence-electron chi connectivity index (χ0n) is 7.70. The molecule has 6 heteroatoms. The molecule has 0 radical (unpaired) electrons. The second kappa shape index (κ2) is 4.95. The largest absolute Gasteiger partial charge is 0.247 e. The zero-order chi connectivity index (χ0) is 10.8. The quantitative estimate of drug-likeness (QED) is 0.782. The van der Waals surface area contributed by atoms with Crippen molar-refractivity contribution in [2.75, 3.05) is 0 Å². The van der Waals surface area contributed by atoms with Gasteiger partial charge in [-0.3, -0.25) is 0 Å². The van der Waals surface area contributed by atoms with E-state index < -0.39 is 0 Å². The Hall–Kier alpha value is 0.0900. The number of aryl methyl sites for hydroxylation is 1. The molecule has 0 unspecified atom stereocenters. The maximum Gasteiger partial charge on any atom is 0.156 e. The number of pyridine rings is 1. The molecular weight excluding hydrogens is 360 g/mol. The molecule has 0 aliphatic heterocycles. The number of halogens is 2. The van der Waals surface area contributed by atoms with E-state index >= 15 is 0 Å². The molecule has 2 aromatic heterocycles. The molecule has 78 valence electrons. The first-order valence-corrected chi connectivity index (χ1v) is 7.34. The van der Waals surface area contributed by atoms with Gasteiger partial charge in [0.15, 0.2) is 4.34 Å². The Morgan fingerprint density at radius 1 is 1.40 bits per heavy atom. The van der Waals surface area contributed by atoms with E-state index in [1.807, 2.05) is 18.4 Å². The smallest absolute Gasteiger partial charge is 0.156 e. The summed E-state index contributed by atoms with van der Waals surface area (Å²) in [6.07, 6.45) is 1.79. The Labute approximate surface area is 113 Å². The van der Waals surface area contributed by atoms with Crippen LogP contribution in [0.25, 0.3) is 0 Å². The maximum atomic E-state index is 4.38. The van der Waals surface area contributed by atoms with Crippen LogP contribution >= 0.6 is 55.0 Å². The van der Waals surface area contributed by atoms with Gasteiger partial charge in [-0.05, 0) is 56.6 Å². The molecule has 2 heterocycles. The summed E-state index contributed by atoms with van der Waals surface area (Å²) in [6, 6.07) is 1.98. The highest BCUT2D eigenvalue weighted by atomic mass is 79.9. The van der Waals surface area contributed by atoms with Gasteiger partial charge in [0.1, 0.15) is 5.03 Å². The fraction of sp³-hybridized carbons (Fsp3) is 0.111. The molecule has 0 bridgehead atoms. The van der Waals surface area contributed by atoms with Crippen LogP contribution in [-0.4, -0.2) is 9.97 Å². The lowest BCUT2D eigenvalue weighted by Gasteiger charge is -2.00. The van der Waals surface area contributed by atoms with E-state index in [2.05, 4.69) is 41.8 Å². The summed E-state index contributed by atoms with van der Waals surface area (Å²) in [5.74, 6) is 0. The first-order chi connectivity index (χ1) is 7.15. The molecule has 0 spiro atoms. The Morgan fingerprint density at radius 3 is 2.80 bits per heavy atom. The van der Waals surface area contributed by atoms with Gasteiger partial charge in [-0.25, -0.2) is 9.97 Å². The standard InChI is InChI=1S/C9H6Br2N2S2/c1-5-4-14-9(13-5)15-8-7(11)2-6(10)3-12-8/h2-4H,1H3. The third-order valence-electron chi connectivity index (χ3n) is 1.56. The van der Waals surface area contributed by atoms with E-state index in [9.17, 15) is 0 Å². The van der Waals surface area contributed by atoms with E-state index in [1.165, 1.54) is 0 Å². The predicted molar refractivity (Wildman–Crippen MR) is 70.6 cm³/mol. The van der Waals surface area contributed by atoms with Crippen molar-refractivity contribution in [2.45, 2.75) is 16.3 Å². The van der Waals surface area contributed by atoms with Crippen LogP contribution in [0.2, 0.25) is 0 Å². The van der Waals surface area contributed by atoms with Crippen LogP contribution in [0.5, 0.6) is 0 Å². The van der Waals surface area contributed by atoms with Crippen molar-refractivity contribution in [3.63, 3.8) is 0 Å². The van der Waals surface area contributed by atoms with Crippen LogP contribution in [0, 0.1) is 6.92 Å². The van der Waals surface area contributed by atoms with Gasteiger partial charge in [-0.2, -0.15) is 0 Å².